The Balaban J connectivity index is 2.19. The van der Waals surface area contributed by atoms with Gasteiger partial charge >= 0.3 is 0 Å². The van der Waals surface area contributed by atoms with Crippen LogP contribution >= 0.6 is 0 Å². The quantitative estimate of drug-likeness (QED) is 0.545. The summed E-state index contributed by atoms with van der Waals surface area (Å²) in [5.74, 6) is 0. The van der Waals surface area contributed by atoms with Crippen molar-refractivity contribution in [3.05, 3.63) is 24.3 Å². The first-order chi connectivity index (χ1) is 5.75. The van der Waals surface area contributed by atoms with Crippen molar-refractivity contribution in [2.75, 3.05) is 19.8 Å². The van der Waals surface area contributed by atoms with Gasteiger partial charge in [-0.3, -0.25) is 0 Å². The second-order valence-electron chi connectivity index (χ2n) is 3.48. The summed E-state index contributed by atoms with van der Waals surface area (Å²) in [6.07, 6.45) is 1.87. The van der Waals surface area contributed by atoms with Gasteiger partial charge in [0.15, 0.2) is 0 Å². The van der Waals surface area contributed by atoms with Crippen molar-refractivity contribution < 1.29 is 9.47 Å². The maximum atomic E-state index is 5.73. The molecule has 0 aromatic carbocycles. The Labute approximate surface area is 72.9 Å². The summed E-state index contributed by atoms with van der Waals surface area (Å²) in [4.78, 5) is 0. The zero-order chi connectivity index (χ0) is 8.60. The monoisotopic (exact) mass is 166 g/mol. The Hall–Kier alpha value is -0.600. The molecule has 0 aliphatic carbocycles. The third kappa shape index (κ3) is 1.03. The molecular formula is C10H14O2. The van der Waals surface area contributed by atoms with Crippen LogP contribution in [0.25, 0.3) is 0 Å². The summed E-state index contributed by atoms with van der Waals surface area (Å²) < 4.78 is 11.0. The van der Waals surface area contributed by atoms with Gasteiger partial charge in [0, 0.05) is 26.1 Å². The maximum absolute atomic E-state index is 5.73. The second kappa shape index (κ2) is 2.71. The van der Waals surface area contributed by atoms with Crippen LogP contribution in [0.1, 0.15) is 12.8 Å². The van der Waals surface area contributed by atoms with Crippen LogP contribution in [0.4, 0.5) is 0 Å². The van der Waals surface area contributed by atoms with Crippen molar-refractivity contribution >= 4 is 0 Å². The van der Waals surface area contributed by atoms with Crippen molar-refractivity contribution in [1.29, 1.82) is 0 Å². The van der Waals surface area contributed by atoms with E-state index in [0.29, 0.717) is 6.61 Å². The highest BCUT2D eigenvalue weighted by molar-refractivity contribution is 5.38. The first-order valence-electron chi connectivity index (χ1n) is 4.34. The summed E-state index contributed by atoms with van der Waals surface area (Å²) in [5.41, 5.74) is 2.03. The molecule has 0 radical (unpaired) electrons. The third-order valence-corrected chi connectivity index (χ3v) is 2.80. The largest absolute Gasteiger partial charge is 0.381 e. The molecule has 2 fully saturated rings. The molecule has 1 spiro atoms. The van der Waals surface area contributed by atoms with Crippen LogP contribution in [0.2, 0.25) is 0 Å². The maximum Gasteiger partial charge on any atom is 0.0977 e. The van der Waals surface area contributed by atoms with Gasteiger partial charge in [-0.1, -0.05) is 13.2 Å². The Bertz CT molecular complexity index is 224. The van der Waals surface area contributed by atoms with Crippen LogP contribution in [0.3, 0.4) is 0 Å². The molecule has 2 rings (SSSR count). The fourth-order valence-corrected chi connectivity index (χ4v) is 1.87. The molecule has 0 unspecified atom stereocenters. The van der Waals surface area contributed by atoms with Crippen LogP contribution in [0.15, 0.2) is 24.3 Å². The molecule has 0 N–H and O–H groups in total. The summed E-state index contributed by atoms with van der Waals surface area (Å²) in [6, 6.07) is 0. The first-order valence-corrected chi connectivity index (χ1v) is 4.34. The van der Waals surface area contributed by atoms with Gasteiger partial charge in [-0.05, 0) is 11.1 Å². The molecule has 12 heavy (non-hydrogen) atoms. The minimum absolute atomic E-state index is 0.116. The minimum atomic E-state index is -0.116. The second-order valence-corrected chi connectivity index (χ2v) is 3.48. The molecule has 0 aromatic heterocycles. The molecular weight excluding hydrogens is 152 g/mol. The summed E-state index contributed by atoms with van der Waals surface area (Å²) in [7, 11) is 0. The average Bonchev–Trinajstić information content (AvgIpc) is 2.37. The SMILES string of the molecule is C=C1COC2(CCOCC2)C1=C. The van der Waals surface area contributed by atoms with Crippen molar-refractivity contribution in [3.63, 3.8) is 0 Å². The topological polar surface area (TPSA) is 18.5 Å². The van der Waals surface area contributed by atoms with Gasteiger partial charge in [-0.15, -0.1) is 0 Å². The lowest BCUT2D eigenvalue weighted by Gasteiger charge is -2.33. The number of rotatable bonds is 0. The lowest BCUT2D eigenvalue weighted by molar-refractivity contribution is -0.0601. The van der Waals surface area contributed by atoms with E-state index in [2.05, 4.69) is 13.2 Å². The molecule has 0 bridgehead atoms. The van der Waals surface area contributed by atoms with Gasteiger partial charge in [0.1, 0.15) is 0 Å². The van der Waals surface area contributed by atoms with Crippen molar-refractivity contribution in [3.8, 4) is 0 Å². The van der Waals surface area contributed by atoms with E-state index >= 15 is 0 Å². The van der Waals surface area contributed by atoms with Crippen molar-refractivity contribution in [2.24, 2.45) is 0 Å². The molecule has 2 aliphatic heterocycles. The van der Waals surface area contributed by atoms with E-state index in [1.54, 1.807) is 0 Å². The van der Waals surface area contributed by atoms with Crippen LogP contribution in [0.5, 0.6) is 0 Å². The normalized spacial score (nSPS) is 28.3. The summed E-state index contributed by atoms with van der Waals surface area (Å²) in [5, 5.41) is 0. The smallest absolute Gasteiger partial charge is 0.0977 e. The third-order valence-electron chi connectivity index (χ3n) is 2.80. The summed E-state index contributed by atoms with van der Waals surface area (Å²) >= 11 is 0. The van der Waals surface area contributed by atoms with Crippen molar-refractivity contribution in [1.82, 2.24) is 0 Å². The molecule has 66 valence electrons. The first kappa shape index (κ1) is 8.02. The fourth-order valence-electron chi connectivity index (χ4n) is 1.87. The van der Waals surface area contributed by atoms with Gasteiger partial charge in [-0.25, -0.2) is 0 Å². The molecule has 2 heteroatoms. The number of ether oxygens (including phenoxy) is 2. The molecule has 0 amide bonds. The van der Waals surface area contributed by atoms with E-state index in [9.17, 15) is 0 Å². The molecule has 0 atom stereocenters. The van der Waals surface area contributed by atoms with Crippen LogP contribution < -0.4 is 0 Å². The zero-order valence-electron chi connectivity index (χ0n) is 7.27. The Morgan fingerprint density at radius 1 is 1.17 bits per heavy atom. The Morgan fingerprint density at radius 3 is 2.33 bits per heavy atom. The molecule has 2 nitrogen and oxygen atoms in total. The van der Waals surface area contributed by atoms with Gasteiger partial charge in [0.2, 0.25) is 0 Å². The molecule has 2 saturated heterocycles. The lowest BCUT2D eigenvalue weighted by Crippen LogP contribution is -2.36. The Kier molecular flexibility index (Phi) is 1.81. The highest BCUT2D eigenvalue weighted by atomic mass is 16.5. The number of hydrogen-bond acceptors (Lipinski definition) is 2. The van der Waals surface area contributed by atoms with Crippen LogP contribution in [-0.2, 0) is 9.47 Å². The predicted octanol–water partition coefficient (Wildman–Crippen LogP) is 1.68. The van der Waals surface area contributed by atoms with Crippen molar-refractivity contribution in [2.45, 2.75) is 18.4 Å². The average molecular weight is 166 g/mol. The Morgan fingerprint density at radius 2 is 1.83 bits per heavy atom. The minimum Gasteiger partial charge on any atom is -0.381 e. The van der Waals surface area contributed by atoms with Gasteiger partial charge in [0.05, 0.1) is 12.2 Å². The standard InChI is InChI=1S/C10H14O2/c1-8-7-12-10(9(8)2)3-5-11-6-4-10/h1-7H2. The lowest BCUT2D eigenvalue weighted by atomic mass is 9.86. The van der Waals surface area contributed by atoms with E-state index < -0.39 is 0 Å². The van der Waals surface area contributed by atoms with Gasteiger partial charge in [-0.2, -0.15) is 0 Å². The van der Waals surface area contributed by atoms with E-state index in [1.807, 2.05) is 0 Å². The molecule has 2 heterocycles. The zero-order valence-corrected chi connectivity index (χ0v) is 7.27. The van der Waals surface area contributed by atoms with Gasteiger partial charge in [0.25, 0.3) is 0 Å². The van der Waals surface area contributed by atoms with E-state index in [0.717, 1.165) is 37.2 Å². The fraction of sp³-hybridized carbons (Fsp3) is 0.600. The van der Waals surface area contributed by atoms with E-state index in [1.165, 1.54) is 0 Å². The summed E-state index contributed by atoms with van der Waals surface area (Å²) in [6.45, 7) is 10.2. The van der Waals surface area contributed by atoms with E-state index in [-0.39, 0.29) is 5.60 Å². The number of hydrogen-bond donors (Lipinski definition) is 0. The van der Waals surface area contributed by atoms with E-state index in [4.69, 9.17) is 9.47 Å². The highest BCUT2D eigenvalue weighted by Crippen LogP contribution is 2.40. The van der Waals surface area contributed by atoms with Crippen LogP contribution in [-0.4, -0.2) is 25.4 Å². The van der Waals surface area contributed by atoms with Crippen LogP contribution in [0, 0.1) is 0 Å². The molecule has 0 aromatic rings. The van der Waals surface area contributed by atoms with Gasteiger partial charge < -0.3 is 9.47 Å². The molecule has 2 aliphatic rings. The predicted molar refractivity (Wildman–Crippen MR) is 47.0 cm³/mol. The highest BCUT2D eigenvalue weighted by Gasteiger charge is 2.41. The molecule has 0 saturated carbocycles.